The van der Waals surface area contributed by atoms with E-state index in [1.807, 2.05) is 0 Å². The van der Waals surface area contributed by atoms with Crippen molar-refractivity contribution in [2.75, 3.05) is 5.73 Å². The highest BCUT2D eigenvalue weighted by atomic mass is 32.1. The molecule has 0 bridgehead atoms. The average Bonchev–Trinajstić information content (AvgIpc) is 2.97. The number of nitrogens with two attached hydrogens (primary N) is 1. The van der Waals surface area contributed by atoms with Crippen LogP contribution in [0.3, 0.4) is 0 Å². The van der Waals surface area contributed by atoms with Gasteiger partial charge in [0.15, 0.2) is 10.5 Å². The Morgan fingerprint density at radius 2 is 1.89 bits per heavy atom. The Balaban J connectivity index is 1.94. The van der Waals surface area contributed by atoms with Gasteiger partial charge in [-0.2, -0.15) is 0 Å². The van der Waals surface area contributed by atoms with E-state index in [4.69, 9.17) is 5.73 Å². The number of thiazole rings is 1. The number of aryl methyl sites for hydroxylation is 1. The molecule has 3 aromatic heterocycles. The molecule has 0 saturated carbocycles. The second-order valence-corrected chi connectivity index (χ2v) is 6.77. The molecule has 6 heteroatoms. The molecule has 4 rings (SSSR count). The van der Waals surface area contributed by atoms with Gasteiger partial charge in [-0.15, -0.1) is 11.3 Å². The quantitative estimate of drug-likeness (QED) is 0.746. The minimum Gasteiger partial charge on any atom is -0.390 e. The first kappa shape index (κ1) is 11.3. The third kappa shape index (κ3) is 1.74. The van der Waals surface area contributed by atoms with E-state index in [2.05, 4.69) is 15.0 Å². The number of nitrogens with zero attached hydrogens (tertiary/aromatic N) is 3. The van der Waals surface area contributed by atoms with Crippen LogP contribution in [0.2, 0.25) is 0 Å². The zero-order valence-electron chi connectivity index (χ0n) is 10.2. The number of fused-ring (bicyclic) bond motifs is 2. The largest absolute Gasteiger partial charge is 0.390 e. The minimum atomic E-state index is 0.720. The van der Waals surface area contributed by atoms with Gasteiger partial charge < -0.3 is 5.73 Å². The zero-order valence-corrected chi connectivity index (χ0v) is 11.9. The fourth-order valence-corrected chi connectivity index (χ4v) is 4.79. The predicted molar refractivity (Wildman–Crippen MR) is 79.6 cm³/mol. The first-order chi connectivity index (χ1) is 9.33. The molecular formula is C13H12N4S2. The topological polar surface area (TPSA) is 64.7 Å². The molecule has 0 saturated heterocycles. The molecule has 0 spiro atoms. The summed E-state index contributed by atoms with van der Waals surface area (Å²) in [5.74, 6) is 0. The molecule has 19 heavy (non-hydrogen) atoms. The molecule has 0 amide bonds. The van der Waals surface area contributed by atoms with Crippen molar-refractivity contribution in [3.05, 3.63) is 22.8 Å². The SMILES string of the molecule is Nc1sc2c(c1-c1nc3nccnc3s1)CCCC2. The van der Waals surface area contributed by atoms with Crippen LogP contribution < -0.4 is 5.73 Å². The summed E-state index contributed by atoms with van der Waals surface area (Å²) < 4.78 is 0. The highest BCUT2D eigenvalue weighted by molar-refractivity contribution is 7.22. The summed E-state index contributed by atoms with van der Waals surface area (Å²) in [5.41, 5.74) is 9.49. The summed E-state index contributed by atoms with van der Waals surface area (Å²) in [4.78, 5) is 15.5. The highest BCUT2D eigenvalue weighted by Gasteiger charge is 2.22. The van der Waals surface area contributed by atoms with Gasteiger partial charge in [-0.1, -0.05) is 11.3 Å². The van der Waals surface area contributed by atoms with Crippen molar-refractivity contribution in [3.63, 3.8) is 0 Å². The highest BCUT2D eigenvalue weighted by Crippen LogP contribution is 2.44. The maximum Gasteiger partial charge on any atom is 0.190 e. The van der Waals surface area contributed by atoms with Crippen molar-refractivity contribution < 1.29 is 0 Å². The van der Waals surface area contributed by atoms with Gasteiger partial charge in [0.1, 0.15) is 5.01 Å². The van der Waals surface area contributed by atoms with Crippen LogP contribution in [0.25, 0.3) is 21.0 Å². The number of hydrogen-bond donors (Lipinski definition) is 1. The maximum absolute atomic E-state index is 6.22. The first-order valence-electron chi connectivity index (χ1n) is 6.31. The van der Waals surface area contributed by atoms with Gasteiger partial charge in [0, 0.05) is 22.8 Å². The second-order valence-electron chi connectivity index (χ2n) is 4.65. The Bertz CT molecular complexity index is 726. The Morgan fingerprint density at radius 3 is 2.79 bits per heavy atom. The number of aromatic nitrogens is 3. The average molecular weight is 288 g/mol. The van der Waals surface area contributed by atoms with E-state index in [0.29, 0.717) is 0 Å². The lowest BCUT2D eigenvalue weighted by atomic mass is 9.96. The van der Waals surface area contributed by atoms with Gasteiger partial charge >= 0.3 is 0 Å². The van der Waals surface area contributed by atoms with Crippen molar-refractivity contribution in [2.45, 2.75) is 25.7 Å². The summed E-state index contributed by atoms with van der Waals surface area (Å²) in [5, 5.41) is 1.86. The van der Waals surface area contributed by atoms with Gasteiger partial charge in [0.25, 0.3) is 0 Å². The van der Waals surface area contributed by atoms with Crippen LogP contribution in [0.1, 0.15) is 23.3 Å². The molecule has 0 aromatic carbocycles. The lowest BCUT2D eigenvalue weighted by molar-refractivity contribution is 0.698. The monoisotopic (exact) mass is 288 g/mol. The Labute approximate surface area is 118 Å². The molecule has 4 nitrogen and oxygen atoms in total. The molecule has 0 atom stereocenters. The van der Waals surface area contributed by atoms with Crippen LogP contribution in [0.15, 0.2) is 12.4 Å². The summed E-state index contributed by atoms with van der Waals surface area (Å²) in [6, 6.07) is 0. The molecule has 3 aromatic rings. The molecule has 0 aliphatic heterocycles. The first-order valence-corrected chi connectivity index (χ1v) is 7.94. The van der Waals surface area contributed by atoms with Crippen LogP contribution in [0.5, 0.6) is 0 Å². The van der Waals surface area contributed by atoms with E-state index in [9.17, 15) is 0 Å². The molecule has 3 heterocycles. The maximum atomic E-state index is 6.22. The Kier molecular flexibility index (Phi) is 2.53. The third-order valence-electron chi connectivity index (χ3n) is 3.46. The fourth-order valence-electron chi connectivity index (χ4n) is 2.61. The summed E-state index contributed by atoms with van der Waals surface area (Å²) in [6.45, 7) is 0. The van der Waals surface area contributed by atoms with Gasteiger partial charge in [-0.05, 0) is 31.2 Å². The van der Waals surface area contributed by atoms with Crippen LogP contribution >= 0.6 is 22.7 Å². The van der Waals surface area contributed by atoms with Gasteiger partial charge in [0.05, 0.1) is 5.00 Å². The number of anilines is 1. The van der Waals surface area contributed by atoms with Gasteiger partial charge in [-0.25, -0.2) is 15.0 Å². The molecule has 0 radical (unpaired) electrons. The van der Waals surface area contributed by atoms with Crippen LogP contribution in [-0.2, 0) is 12.8 Å². The smallest absolute Gasteiger partial charge is 0.190 e. The van der Waals surface area contributed by atoms with Crippen LogP contribution in [0.4, 0.5) is 5.00 Å². The standard InChI is InChI=1S/C13H12N4S2/c14-10-9(7-3-1-2-4-8(7)18-10)12-17-11-13(19-12)16-6-5-15-11/h5-6H,1-4,14H2. The molecule has 0 unspecified atom stereocenters. The van der Waals surface area contributed by atoms with E-state index in [1.165, 1.54) is 23.3 Å². The molecular weight excluding hydrogens is 276 g/mol. The van der Waals surface area contributed by atoms with Gasteiger partial charge in [-0.3, -0.25) is 0 Å². The minimum absolute atomic E-state index is 0.720. The number of hydrogen-bond acceptors (Lipinski definition) is 6. The van der Waals surface area contributed by atoms with E-state index in [1.54, 1.807) is 35.1 Å². The summed E-state index contributed by atoms with van der Waals surface area (Å²) >= 11 is 3.31. The predicted octanol–water partition coefficient (Wildman–Crippen LogP) is 3.28. The summed E-state index contributed by atoms with van der Waals surface area (Å²) in [6.07, 6.45) is 8.18. The zero-order chi connectivity index (χ0) is 12.8. The molecule has 2 N–H and O–H groups in total. The fraction of sp³-hybridized carbons (Fsp3) is 0.308. The lowest BCUT2D eigenvalue weighted by Crippen LogP contribution is -1.99. The van der Waals surface area contributed by atoms with Crippen molar-refractivity contribution in [2.24, 2.45) is 0 Å². The van der Waals surface area contributed by atoms with Crippen molar-refractivity contribution >= 4 is 38.2 Å². The van der Waals surface area contributed by atoms with Crippen molar-refractivity contribution in [3.8, 4) is 10.6 Å². The Hall–Kier alpha value is -1.53. The van der Waals surface area contributed by atoms with E-state index in [0.717, 1.165) is 38.9 Å². The van der Waals surface area contributed by atoms with Crippen molar-refractivity contribution in [1.82, 2.24) is 15.0 Å². The van der Waals surface area contributed by atoms with Crippen LogP contribution in [0, 0.1) is 0 Å². The number of rotatable bonds is 1. The molecule has 1 aliphatic carbocycles. The summed E-state index contributed by atoms with van der Waals surface area (Å²) in [7, 11) is 0. The van der Waals surface area contributed by atoms with E-state index >= 15 is 0 Å². The molecule has 0 fully saturated rings. The number of thiophene rings is 1. The molecule has 1 aliphatic rings. The third-order valence-corrected chi connectivity index (χ3v) is 5.55. The van der Waals surface area contributed by atoms with Gasteiger partial charge in [0.2, 0.25) is 0 Å². The van der Waals surface area contributed by atoms with Crippen LogP contribution in [-0.4, -0.2) is 15.0 Å². The van der Waals surface area contributed by atoms with Crippen molar-refractivity contribution in [1.29, 1.82) is 0 Å². The molecule has 96 valence electrons. The van der Waals surface area contributed by atoms with E-state index in [-0.39, 0.29) is 0 Å². The lowest BCUT2D eigenvalue weighted by Gasteiger charge is -2.11. The van der Waals surface area contributed by atoms with E-state index < -0.39 is 0 Å². The second kappa shape index (κ2) is 4.25. The number of nitrogen functional groups attached to an aromatic ring is 1. The Morgan fingerprint density at radius 1 is 1.05 bits per heavy atom. The normalized spacial score (nSPS) is 14.7.